The maximum absolute atomic E-state index is 12.1. The number of benzene rings is 1. The van der Waals surface area contributed by atoms with Crippen LogP contribution in [0, 0.1) is 0 Å². The highest BCUT2D eigenvalue weighted by Gasteiger charge is 2.13. The van der Waals surface area contributed by atoms with Crippen molar-refractivity contribution in [3.8, 4) is 11.3 Å². The van der Waals surface area contributed by atoms with Gasteiger partial charge < -0.3 is 4.98 Å². The molecule has 0 aliphatic rings. The molecule has 0 fully saturated rings. The number of para-hydroxylation sites is 1. The van der Waals surface area contributed by atoms with Crippen molar-refractivity contribution in [1.29, 1.82) is 0 Å². The maximum Gasteiger partial charge on any atom is 0.274 e. The molecule has 0 aliphatic heterocycles. The Morgan fingerprint density at radius 3 is 2.65 bits per heavy atom. The molecule has 0 spiro atoms. The predicted molar refractivity (Wildman–Crippen MR) is 77.5 cm³/mol. The van der Waals surface area contributed by atoms with Gasteiger partial charge in [-0.15, -0.1) is 0 Å². The zero-order valence-corrected chi connectivity index (χ0v) is 10.4. The Hall–Kier alpha value is -2.95. The zero-order chi connectivity index (χ0) is 13.5. The summed E-state index contributed by atoms with van der Waals surface area (Å²) in [5.41, 5.74) is 3.12. The molecule has 0 atom stereocenters. The van der Waals surface area contributed by atoms with Gasteiger partial charge in [0.05, 0.1) is 10.9 Å². The van der Waals surface area contributed by atoms with Crippen LogP contribution in [0.2, 0.25) is 0 Å². The molecule has 5 nitrogen and oxygen atoms in total. The first-order valence-electron chi connectivity index (χ1n) is 6.24. The van der Waals surface area contributed by atoms with Gasteiger partial charge in [0.2, 0.25) is 0 Å². The van der Waals surface area contributed by atoms with Crippen molar-refractivity contribution in [2.45, 2.75) is 0 Å². The molecule has 0 radical (unpaired) electrons. The van der Waals surface area contributed by atoms with Crippen molar-refractivity contribution in [2.75, 3.05) is 0 Å². The summed E-state index contributed by atoms with van der Waals surface area (Å²) in [6.07, 6.45) is 3.41. The number of nitrogens with one attached hydrogen (secondary N) is 2. The third-order valence-electron chi connectivity index (χ3n) is 3.39. The highest BCUT2D eigenvalue weighted by Crippen LogP contribution is 2.28. The number of pyridine rings is 1. The van der Waals surface area contributed by atoms with Crippen molar-refractivity contribution in [2.24, 2.45) is 0 Å². The van der Waals surface area contributed by atoms with Crippen LogP contribution in [-0.4, -0.2) is 20.2 Å². The fraction of sp³-hybridized carbons (Fsp3) is 0. The normalized spacial score (nSPS) is 11.2. The molecular weight excluding hydrogens is 252 g/mol. The summed E-state index contributed by atoms with van der Waals surface area (Å²) in [5.74, 6) is 0. The number of aromatic amines is 2. The predicted octanol–water partition coefficient (Wildman–Crippen LogP) is 2.47. The van der Waals surface area contributed by atoms with Gasteiger partial charge in [-0.25, -0.2) is 5.10 Å². The number of H-pyrrole nitrogens is 2. The average Bonchev–Trinajstić information content (AvgIpc) is 2.88. The highest BCUT2D eigenvalue weighted by atomic mass is 16.1. The summed E-state index contributed by atoms with van der Waals surface area (Å²) < 4.78 is 0. The van der Waals surface area contributed by atoms with Crippen molar-refractivity contribution in [3.63, 3.8) is 0 Å². The van der Waals surface area contributed by atoms with Crippen LogP contribution in [0.1, 0.15) is 0 Å². The van der Waals surface area contributed by atoms with E-state index in [1.165, 1.54) is 0 Å². The van der Waals surface area contributed by atoms with Crippen molar-refractivity contribution >= 4 is 21.8 Å². The largest absolute Gasteiger partial charge is 0.353 e. The molecular formula is C15H10N4O. The second-order valence-electron chi connectivity index (χ2n) is 4.56. The lowest BCUT2D eigenvalue weighted by molar-refractivity contribution is 1.02. The number of rotatable bonds is 1. The minimum atomic E-state index is -0.185. The molecule has 1 aromatic carbocycles. The molecule has 0 unspecified atom stereocenters. The van der Waals surface area contributed by atoms with E-state index in [1.807, 2.05) is 36.4 Å². The van der Waals surface area contributed by atoms with E-state index in [0.29, 0.717) is 5.39 Å². The van der Waals surface area contributed by atoms with Gasteiger partial charge in [0.25, 0.3) is 5.56 Å². The van der Waals surface area contributed by atoms with Crippen LogP contribution >= 0.6 is 0 Å². The first-order chi connectivity index (χ1) is 9.84. The van der Waals surface area contributed by atoms with Crippen molar-refractivity contribution in [1.82, 2.24) is 20.2 Å². The fourth-order valence-corrected chi connectivity index (χ4v) is 2.49. The van der Waals surface area contributed by atoms with E-state index in [2.05, 4.69) is 20.2 Å². The Morgan fingerprint density at radius 2 is 1.80 bits per heavy atom. The molecule has 3 aromatic heterocycles. The smallest absolute Gasteiger partial charge is 0.274 e. The Balaban J connectivity index is 2.19. The van der Waals surface area contributed by atoms with Crippen LogP contribution < -0.4 is 5.56 Å². The van der Waals surface area contributed by atoms with Crippen molar-refractivity contribution < 1.29 is 0 Å². The molecule has 0 saturated carbocycles. The maximum atomic E-state index is 12.1. The molecule has 0 bridgehead atoms. The molecule has 2 N–H and O–H groups in total. The molecule has 96 valence electrons. The lowest BCUT2D eigenvalue weighted by Gasteiger charge is -2.00. The minimum Gasteiger partial charge on any atom is -0.353 e. The summed E-state index contributed by atoms with van der Waals surface area (Å²) in [6.45, 7) is 0. The van der Waals surface area contributed by atoms with Crippen LogP contribution in [0.3, 0.4) is 0 Å². The number of hydrogen-bond acceptors (Lipinski definition) is 3. The third kappa shape index (κ3) is 1.46. The summed E-state index contributed by atoms with van der Waals surface area (Å²) in [6, 6.07) is 11.5. The van der Waals surface area contributed by atoms with Gasteiger partial charge in [-0.1, -0.05) is 18.2 Å². The average molecular weight is 262 g/mol. The number of hydrogen-bond donors (Lipinski definition) is 2. The first kappa shape index (κ1) is 10.9. The summed E-state index contributed by atoms with van der Waals surface area (Å²) in [7, 11) is 0. The van der Waals surface area contributed by atoms with Gasteiger partial charge in [-0.2, -0.15) is 5.10 Å². The van der Waals surface area contributed by atoms with Gasteiger partial charge in [-0.05, 0) is 18.2 Å². The van der Waals surface area contributed by atoms with E-state index in [4.69, 9.17) is 0 Å². The number of fused-ring (bicyclic) bond motifs is 3. The molecule has 0 amide bonds. The van der Waals surface area contributed by atoms with Crippen LogP contribution in [-0.2, 0) is 0 Å². The Kier molecular flexibility index (Phi) is 2.20. The molecule has 0 aliphatic carbocycles. The second kappa shape index (κ2) is 4.03. The van der Waals surface area contributed by atoms with E-state index in [1.54, 1.807) is 12.4 Å². The van der Waals surface area contributed by atoms with E-state index < -0.39 is 0 Å². The standard InChI is InChI=1S/C15H10N4O/c20-15-12-10-3-1-2-4-11(10)17-14(12)13(18-19-15)9-5-7-16-8-6-9/h1-8,17H,(H,19,20). The van der Waals surface area contributed by atoms with Crippen LogP contribution in [0.5, 0.6) is 0 Å². The van der Waals surface area contributed by atoms with Crippen LogP contribution in [0.15, 0.2) is 53.6 Å². The van der Waals surface area contributed by atoms with Gasteiger partial charge in [0.1, 0.15) is 5.69 Å². The van der Waals surface area contributed by atoms with Gasteiger partial charge in [0.15, 0.2) is 0 Å². The van der Waals surface area contributed by atoms with E-state index in [-0.39, 0.29) is 5.56 Å². The molecule has 4 rings (SSSR count). The van der Waals surface area contributed by atoms with Crippen LogP contribution in [0.4, 0.5) is 0 Å². The lowest BCUT2D eigenvalue weighted by atomic mass is 10.1. The first-order valence-corrected chi connectivity index (χ1v) is 6.24. The van der Waals surface area contributed by atoms with E-state index >= 15 is 0 Å². The van der Waals surface area contributed by atoms with Gasteiger partial charge >= 0.3 is 0 Å². The highest BCUT2D eigenvalue weighted by molar-refractivity contribution is 6.10. The molecule has 0 saturated heterocycles. The molecule has 20 heavy (non-hydrogen) atoms. The Morgan fingerprint density at radius 1 is 1.00 bits per heavy atom. The number of aromatic nitrogens is 4. The Labute approximate surface area is 113 Å². The third-order valence-corrected chi connectivity index (χ3v) is 3.39. The Bertz CT molecular complexity index is 969. The number of nitrogens with zero attached hydrogens (tertiary/aromatic N) is 2. The summed E-state index contributed by atoms with van der Waals surface area (Å²) >= 11 is 0. The van der Waals surface area contributed by atoms with Crippen LogP contribution in [0.25, 0.3) is 33.1 Å². The van der Waals surface area contributed by atoms with Gasteiger partial charge in [-0.3, -0.25) is 9.78 Å². The van der Waals surface area contributed by atoms with E-state index in [9.17, 15) is 4.79 Å². The summed E-state index contributed by atoms with van der Waals surface area (Å²) in [5, 5.41) is 8.29. The quantitative estimate of drug-likeness (QED) is 0.553. The summed E-state index contributed by atoms with van der Waals surface area (Å²) in [4.78, 5) is 19.4. The van der Waals surface area contributed by atoms with E-state index in [0.717, 1.165) is 27.7 Å². The molecule has 4 aromatic rings. The monoisotopic (exact) mass is 262 g/mol. The SMILES string of the molecule is O=c1[nH]nc(-c2ccncc2)c2[nH]c3ccccc3c12. The lowest BCUT2D eigenvalue weighted by Crippen LogP contribution is -2.08. The topological polar surface area (TPSA) is 74.4 Å². The van der Waals surface area contributed by atoms with Gasteiger partial charge in [0, 0.05) is 28.9 Å². The second-order valence-corrected chi connectivity index (χ2v) is 4.56. The fourth-order valence-electron chi connectivity index (χ4n) is 2.49. The van der Waals surface area contributed by atoms with Crippen molar-refractivity contribution in [3.05, 3.63) is 59.1 Å². The minimum absolute atomic E-state index is 0.185. The molecule has 3 heterocycles. The molecule has 5 heteroatoms. The zero-order valence-electron chi connectivity index (χ0n) is 10.4.